The molecular weight excluding hydrogens is 166 g/mol. The molecule has 12 heavy (non-hydrogen) atoms. The third kappa shape index (κ3) is 10.0. The molecule has 0 amide bonds. The van der Waals surface area contributed by atoms with Crippen LogP contribution in [0.25, 0.3) is 0 Å². The largest absolute Gasteiger partial charge is 0.316 e. The molecule has 0 rings (SSSR count). The number of thioether (sulfide) groups is 1. The summed E-state index contributed by atoms with van der Waals surface area (Å²) in [6.07, 6.45) is 5.95. The lowest BCUT2D eigenvalue weighted by atomic mass is 10.2. The Morgan fingerprint density at radius 2 is 2.17 bits per heavy atom. The molecule has 0 aromatic heterocycles. The lowest BCUT2D eigenvalue weighted by molar-refractivity contribution is 0.636. The molecule has 0 radical (unpaired) electrons. The van der Waals surface area contributed by atoms with E-state index in [1.807, 2.05) is 17.8 Å². The predicted octanol–water partition coefficient (Wildman–Crippen LogP) is 2.69. The third-order valence-electron chi connectivity index (χ3n) is 1.62. The summed E-state index contributed by atoms with van der Waals surface area (Å²) in [5.41, 5.74) is 0. The highest BCUT2D eigenvalue weighted by Crippen LogP contribution is 1.97. The Bertz CT molecular complexity index is 93.8. The molecule has 0 aliphatic rings. The molecule has 1 N–H and O–H groups in total. The van der Waals surface area contributed by atoms with Gasteiger partial charge in [0.15, 0.2) is 0 Å². The van der Waals surface area contributed by atoms with E-state index in [-0.39, 0.29) is 0 Å². The van der Waals surface area contributed by atoms with Crippen LogP contribution in [0, 0.1) is 0 Å². The van der Waals surface area contributed by atoms with Gasteiger partial charge in [-0.05, 0) is 13.0 Å². The Hall–Kier alpha value is 0.0500. The van der Waals surface area contributed by atoms with Gasteiger partial charge in [-0.25, -0.2) is 0 Å². The summed E-state index contributed by atoms with van der Waals surface area (Å²) in [5.74, 6) is 2.29. The van der Waals surface area contributed by atoms with E-state index in [0.29, 0.717) is 0 Å². The van der Waals surface area contributed by atoms with Gasteiger partial charge < -0.3 is 5.32 Å². The van der Waals surface area contributed by atoms with Gasteiger partial charge >= 0.3 is 0 Å². The van der Waals surface area contributed by atoms with Crippen molar-refractivity contribution in [1.82, 2.24) is 5.32 Å². The maximum Gasteiger partial charge on any atom is 0.0111 e. The van der Waals surface area contributed by atoms with Crippen molar-refractivity contribution in [3.63, 3.8) is 0 Å². The monoisotopic (exact) mass is 187 g/mol. The van der Waals surface area contributed by atoms with E-state index in [1.54, 1.807) is 0 Å². The standard InChI is InChI=1S/C10H21NS/c1-3-5-6-7-11-8-10-12-9-4-2/h4,11H,2-3,5-10H2,1H3. The second kappa shape index (κ2) is 11.1. The fourth-order valence-electron chi connectivity index (χ4n) is 0.936. The van der Waals surface area contributed by atoms with Gasteiger partial charge in [0.05, 0.1) is 0 Å². The van der Waals surface area contributed by atoms with E-state index >= 15 is 0 Å². The first kappa shape index (κ1) is 12.0. The lowest BCUT2D eigenvalue weighted by Crippen LogP contribution is -2.18. The Kier molecular flexibility index (Phi) is 11.1. The van der Waals surface area contributed by atoms with Crippen LogP contribution in [0.15, 0.2) is 12.7 Å². The van der Waals surface area contributed by atoms with Crippen LogP contribution in [-0.2, 0) is 0 Å². The molecule has 0 fully saturated rings. The third-order valence-corrected chi connectivity index (χ3v) is 2.58. The van der Waals surface area contributed by atoms with Crippen molar-refractivity contribution in [3.8, 4) is 0 Å². The van der Waals surface area contributed by atoms with Gasteiger partial charge in [-0.15, -0.1) is 6.58 Å². The molecule has 72 valence electrons. The predicted molar refractivity (Wildman–Crippen MR) is 59.9 cm³/mol. The van der Waals surface area contributed by atoms with E-state index in [9.17, 15) is 0 Å². The van der Waals surface area contributed by atoms with E-state index < -0.39 is 0 Å². The van der Waals surface area contributed by atoms with Crippen molar-refractivity contribution in [2.45, 2.75) is 26.2 Å². The van der Waals surface area contributed by atoms with Gasteiger partial charge in [-0.3, -0.25) is 0 Å². The number of unbranched alkanes of at least 4 members (excludes halogenated alkanes) is 2. The van der Waals surface area contributed by atoms with E-state index in [2.05, 4.69) is 18.8 Å². The molecule has 0 unspecified atom stereocenters. The average molecular weight is 187 g/mol. The van der Waals surface area contributed by atoms with E-state index in [0.717, 1.165) is 12.3 Å². The van der Waals surface area contributed by atoms with Gasteiger partial charge in [-0.2, -0.15) is 11.8 Å². The van der Waals surface area contributed by atoms with Crippen molar-refractivity contribution in [1.29, 1.82) is 0 Å². The van der Waals surface area contributed by atoms with Crippen LogP contribution in [0.2, 0.25) is 0 Å². The first-order chi connectivity index (χ1) is 5.91. The molecule has 0 atom stereocenters. The van der Waals surface area contributed by atoms with Gasteiger partial charge in [-0.1, -0.05) is 25.8 Å². The van der Waals surface area contributed by atoms with Crippen molar-refractivity contribution in [2.24, 2.45) is 0 Å². The maximum absolute atomic E-state index is 3.68. The highest BCUT2D eigenvalue weighted by atomic mass is 32.2. The maximum atomic E-state index is 3.68. The summed E-state index contributed by atoms with van der Waals surface area (Å²) in [6, 6.07) is 0. The summed E-state index contributed by atoms with van der Waals surface area (Å²) in [5, 5.41) is 3.42. The van der Waals surface area contributed by atoms with Gasteiger partial charge in [0.25, 0.3) is 0 Å². The molecule has 0 aromatic carbocycles. The summed E-state index contributed by atoms with van der Waals surface area (Å²) >= 11 is 1.94. The Morgan fingerprint density at radius 3 is 2.83 bits per heavy atom. The molecule has 0 saturated carbocycles. The number of nitrogens with one attached hydrogen (secondary N) is 1. The minimum absolute atomic E-state index is 1.08. The van der Waals surface area contributed by atoms with Gasteiger partial charge in [0.1, 0.15) is 0 Å². The Balaban J connectivity index is 2.77. The van der Waals surface area contributed by atoms with Crippen LogP contribution in [0.1, 0.15) is 26.2 Å². The van der Waals surface area contributed by atoms with E-state index in [4.69, 9.17) is 0 Å². The summed E-state index contributed by atoms with van der Waals surface area (Å²) in [4.78, 5) is 0. The molecule has 0 aromatic rings. The fourth-order valence-corrected chi connectivity index (χ4v) is 1.56. The smallest absolute Gasteiger partial charge is 0.0111 e. The first-order valence-electron chi connectivity index (χ1n) is 4.81. The van der Waals surface area contributed by atoms with Crippen molar-refractivity contribution >= 4 is 11.8 Å². The number of hydrogen-bond donors (Lipinski definition) is 1. The zero-order chi connectivity index (χ0) is 9.07. The average Bonchev–Trinajstić information content (AvgIpc) is 2.10. The summed E-state index contributed by atoms with van der Waals surface area (Å²) in [6.45, 7) is 8.24. The minimum atomic E-state index is 1.08. The Morgan fingerprint density at radius 1 is 1.33 bits per heavy atom. The van der Waals surface area contributed by atoms with Gasteiger partial charge in [0, 0.05) is 18.1 Å². The molecule has 1 nitrogen and oxygen atoms in total. The van der Waals surface area contributed by atoms with Crippen molar-refractivity contribution in [3.05, 3.63) is 12.7 Å². The highest BCUT2D eigenvalue weighted by Gasteiger charge is 1.87. The molecular formula is C10H21NS. The molecule has 0 aliphatic heterocycles. The summed E-state index contributed by atoms with van der Waals surface area (Å²) < 4.78 is 0. The highest BCUT2D eigenvalue weighted by molar-refractivity contribution is 7.99. The molecule has 0 aliphatic carbocycles. The molecule has 0 saturated heterocycles. The van der Waals surface area contributed by atoms with Crippen LogP contribution in [0.5, 0.6) is 0 Å². The van der Waals surface area contributed by atoms with Crippen LogP contribution >= 0.6 is 11.8 Å². The van der Waals surface area contributed by atoms with Crippen LogP contribution in [0.4, 0.5) is 0 Å². The molecule has 0 bridgehead atoms. The van der Waals surface area contributed by atoms with Crippen LogP contribution in [-0.4, -0.2) is 24.6 Å². The molecule has 0 heterocycles. The van der Waals surface area contributed by atoms with Crippen LogP contribution < -0.4 is 5.32 Å². The minimum Gasteiger partial charge on any atom is -0.316 e. The SMILES string of the molecule is C=CCSCCNCCCCC. The van der Waals surface area contributed by atoms with Crippen LogP contribution in [0.3, 0.4) is 0 Å². The van der Waals surface area contributed by atoms with Gasteiger partial charge in [0.2, 0.25) is 0 Å². The molecule has 0 spiro atoms. The zero-order valence-corrected chi connectivity index (χ0v) is 8.96. The summed E-state index contributed by atoms with van der Waals surface area (Å²) in [7, 11) is 0. The quantitative estimate of drug-likeness (QED) is 0.440. The number of hydrogen-bond acceptors (Lipinski definition) is 2. The lowest BCUT2D eigenvalue weighted by Gasteiger charge is -2.02. The number of rotatable bonds is 9. The Labute approximate surface area is 81.0 Å². The topological polar surface area (TPSA) is 12.0 Å². The van der Waals surface area contributed by atoms with Crippen molar-refractivity contribution < 1.29 is 0 Å². The fraction of sp³-hybridized carbons (Fsp3) is 0.800. The second-order valence-electron chi connectivity index (χ2n) is 2.82. The molecule has 2 heteroatoms. The van der Waals surface area contributed by atoms with E-state index in [1.165, 1.54) is 31.6 Å². The normalized spacial score (nSPS) is 10.1. The zero-order valence-electron chi connectivity index (χ0n) is 8.14. The first-order valence-corrected chi connectivity index (χ1v) is 5.96. The van der Waals surface area contributed by atoms with Crippen molar-refractivity contribution in [2.75, 3.05) is 24.6 Å². The second-order valence-corrected chi connectivity index (χ2v) is 3.97.